The number of hydrogen-bond acceptors (Lipinski definition) is 3. The molecule has 0 radical (unpaired) electrons. The molecule has 0 aromatic heterocycles. The number of esters is 1. The van der Waals surface area contributed by atoms with Crippen molar-refractivity contribution in [3.63, 3.8) is 0 Å². The standard InChI is InChI=1S/C17H33NO2/c1-3-4-8-14(2)11-12-15(18)13-17(19)20-16-9-6-5-7-10-16/h14-16H,3-13,18H2,1-2H3/t14-,15-/m0/s1. The number of carbonyl (C=O) groups excluding carboxylic acids is 1. The van der Waals surface area contributed by atoms with Gasteiger partial charge in [0.1, 0.15) is 6.10 Å². The summed E-state index contributed by atoms with van der Waals surface area (Å²) < 4.78 is 5.51. The maximum absolute atomic E-state index is 11.8. The number of carbonyl (C=O) groups is 1. The van der Waals surface area contributed by atoms with Gasteiger partial charge in [-0.2, -0.15) is 0 Å². The minimum atomic E-state index is -0.0920. The van der Waals surface area contributed by atoms with Gasteiger partial charge in [0.2, 0.25) is 0 Å². The predicted octanol–water partition coefficient (Wildman–Crippen LogP) is 4.19. The van der Waals surface area contributed by atoms with Crippen LogP contribution in [0, 0.1) is 5.92 Å². The van der Waals surface area contributed by atoms with Crippen molar-refractivity contribution < 1.29 is 9.53 Å². The Labute approximate surface area is 124 Å². The lowest BCUT2D eigenvalue weighted by Gasteiger charge is -2.22. The van der Waals surface area contributed by atoms with Crippen molar-refractivity contribution in [3.8, 4) is 0 Å². The van der Waals surface area contributed by atoms with Gasteiger partial charge in [-0.05, 0) is 44.4 Å². The molecule has 0 heterocycles. The summed E-state index contributed by atoms with van der Waals surface area (Å²) in [5.74, 6) is 0.626. The van der Waals surface area contributed by atoms with E-state index < -0.39 is 0 Å². The van der Waals surface area contributed by atoms with E-state index in [1.807, 2.05) is 0 Å². The average Bonchev–Trinajstić information content (AvgIpc) is 2.43. The Kier molecular flexibility index (Phi) is 8.92. The minimum Gasteiger partial charge on any atom is -0.462 e. The molecule has 118 valence electrons. The molecule has 2 atom stereocenters. The Morgan fingerprint density at radius 1 is 1.20 bits per heavy atom. The Morgan fingerprint density at radius 3 is 2.55 bits per heavy atom. The van der Waals surface area contributed by atoms with E-state index in [9.17, 15) is 4.79 Å². The Bertz CT molecular complexity index is 262. The second kappa shape index (κ2) is 10.2. The van der Waals surface area contributed by atoms with E-state index in [2.05, 4.69) is 13.8 Å². The summed E-state index contributed by atoms with van der Waals surface area (Å²) in [4.78, 5) is 11.8. The van der Waals surface area contributed by atoms with Crippen LogP contribution >= 0.6 is 0 Å². The van der Waals surface area contributed by atoms with Crippen molar-refractivity contribution in [1.82, 2.24) is 0 Å². The Balaban J connectivity index is 2.10. The molecule has 3 heteroatoms. The lowest BCUT2D eigenvalue weighted by atomic mass is 9.95. The number of hydrogen-bond donors (Lipinski definition) is 1. The zero-order valence-electron chi connectivity index (χ0n) is 13.4. The van der Waals surface area contributed by atoms with Gasteiger partial charge in [-0.15, -0.1) is 0 Å². The van der Waals surface area contributed by atoms with Crippen LogP contribution in [0.1, 0.15) is 84.5 Å². The van der Waals surface area contributed by atoms with Gasteiger partial charge >= 0.3 is 5.97 Å². The molecule has 1 aliphatic rings. The van der Waals surface area contributed by atoms with E-state index in [1.54, 1.807) is 0 Å². The van der Waals surface area contributed by atoms with Gasteiger partial charge in [-0.1, -0.05) is 39.5 Å². The van der Waals surface area contributed by atoms with E-state index >= 15 is 0 Å². The summed E-state index contributed by atoms with van der Waals surface area (Å²) >= 11 is 0. The third-order valence-corrected chi connectivity index (χ3v) is 4.36. The van der Waals surface area contributed by atoms with Crippen molar-refractivity contribution in [2.24, 2.45) is 11.7 Å². The summed E-state index contributed by atoms with van der Waals surface area (Å²) in [7, 11) is 0. The van der Waals surface area contributed by atoms with Gasteiger partial charge in [-0.3, -0.25) is 4.79 Å². The van der Waals surface area contributed by atoms with Crippen LogP contribution in [-0.4, -0.2) is 18.1 Å². The Morgan fingerprint density at radius 2 is 1.90 bits per heavy atom. The van der Waals surface area contributed by atoms with Crippen LogP contribution in [0.4, 0.5) is 0 Å². The molecule has 0 unspecified atom stereocenters. The minimum absolute atomic E-state index is 0.0323. The molecule has 1 fully saturated rings. The summed E-state index contributed by atoms with van der Waals surface area (Å²) in [6, 6.07) is -0.0323. The normalized spacial score (nSPS) is 19.6. The topological polar surface area (TPSA) is 52.3 Å². The number of unbranched alkanes of at least 4 members (excludes halogenated alkanes) is 1. The maximum atomic E-state index is 11.8. The molecule has 1 aliphatic carbocycles. The zero-order valence-corrected chi connectivity index (χ0v) is 13.4. The van der Waals surface area contributed by atoms with Crippen LogP contribution < -0.4 is 5.73 Å². The summed E-state index contributed by atoms with van der Waals surface area (Å²) in [6.45, 7) is 4.50. The molecule has 0 spiro atoms. The van der Waals surface area contributed by atoms with Gasteiger partial charge in [0.05, 0.1) is 6.42 Å². The highest BCUT2D eigenvalue weighted by atomic mass is 16.5. The fourth-order valence-corrected chi connectivity index (χ4v) is 2.93. The van der Waals surface area contributed by atoms with Crippen LogP contribution in [0.25, 0.3) is 0 Å². The van der Waals surface area contributed by atoms with Gasteiger partial charge in [0, 0.05) is 6.04 Å². The number of ether oxygens (including phenoxy) is 1. The van der Waals surface area contributed by atoms with Crippen molar-refractivity contribution in [2.75, 3.05) is 0 Å². The molecule has 1 saturated carbocycles. The quantitative estimate of drug-likeness (QED) is 0.646. The molecule has 20 heavy (non-hydrogen) atoms. The first kappa shape index (κ1) is 17.5. The van der Waals surface area contributed by atoms with Crippen molar-refractivity contribution in [1.29, 1.82) is 0 Å². The first-order chi connectivity index (χ1) is 9.61. The highest BCUT2D eigenvalue weighted by molar-refractivity contribution is 5.70. The van der Waals surface area contributed by atoms with Crippen molar-refractivity contribution >= 4 is 5.97 Å². The van der Waals surface area contributed by atoms with E-state index in [0.29, 0.717) is 6.42 Å². The second-order valence-electron chi connectivity index (χ2n) is 6.54. The van der Waals surface area contributed by atoms with E-state index in [-0.39, 0.29) is 18.1 Å². The molecule has 0 aliphatic heterocycles. The summed E-state index contributed by atoms with van der Waals surface area (Å²) in [5, 5.41) is 0. The fraction of sp³-hybridized carbons (Fsp3) is 0.941. The molecular weight excluding hydrogens is 250 g/mol. The zero-order chi connectivity index (χ0) is 14.8. The highest BCUT2D eigenvalue weighted by Crippen LogP contribution is 2.21. The van der Waals surface area contributed by atoms with Crippen molar-refractivity contribution in [2.45, 2.75) is 96.6 Å². The third kappa shape index (κ3) is 7.88. The largest absolute Gasteiger partial charge is 0.462 e. The highest BCUT2D eigenvalue weighted by Gasteiger charge is 2.19. The monoisotopic (exact) mass is 283 g/mol. The van der Waals surface area contributed by atoms with Gasteiger partial charge in [0.25, 0.3) is 0 Å². The molecule has 0 amide bonds. The molecule has 1 rings (SSSR count). The smallest absolute Gasteiger partial charge is 0.307 e. The molecular formula is C17H33NO2. The van der Waals surface area contributed by atoms with Crippen LogP contribution in [0.2, 0.25) is 0 Å². The second-order valence-corrected chi connectivity index (χ2v) is 6.54. The van der Waals surface area contributed by atoms with Gasteiger partial charge in [0.15, 0.2) is 0 Å². The van der Waals surface area contributed by atoms with Crippen molar-refractivity contribution in [3.05, 3.63) is 0 Å². The number of nitrogens with two attached hydrogens (primary N) is 1. The maximum Gasteiger partial charge on any atom is 0.307 e. The van der Waals surface area contributed by atoms with Crippen LogP contribution in [0.5, 0.6) is 0 Å². The SMILES string of the molecule is CCCC[C@H](C)CC[C@H](N)CC(=O)OC1CCCCC1. The molecule has 2 N–H and O–H groups in total. The predicted molar refractivity (Wildman–Crippen MR) is 83.5 cm³/mol. The molecule has 0 aromatic rings. The van der Waals surface area contributed by atoms with E-state index in [1.165, 1.54) is 38.5 Å². The lowest BCUT2D eigenvalue weighted by Crippen LogP contribution is -2.28. The summed E-state index contributed by atoms with van der Waals surface area (Å²) in [6.07, 6.45) is 12.2. The molecule has 0 saturated heterocycles. The summed E-state index contributed by atoms with van der Waals surface area (Å²) in [5.41, 5.74) is 6.06. The van der Waals surface area contributed by atoms with Gasteiger partial charge in [-0.25, -0.2) is 0 Å². The van der Waals surface area contributed by atoms with Crippen LogP contribution in [0.3, 0.4) is 0 Å². The molecule has 3 nitrogen and oxygen atoms in total. The first-order valence-corrected chi connectivity index (χ1v) is 8.56. The third-order valence-electron chi connectivity index (χ3n) is 4.36. The molecule has 0 bridgehead atoms. The van der Waals surface area contributed by atoms with Crippen LogP contribution in [0.15, 0.2) is 0 Å². The average molecular weight is 283 g/mol. The fourth-order valence-electron chi connectivity index (χ4n) is 2.93. The lowest BCUT2D eigenvalue weighted by molar-refractivity contribution is -0.150. The van der Waals surface area contributed by atoms with E-state index in [4.69, 9.17) is 10.5 Å². The number of rotatable bonds is 9. The Hall–Kier alpha value is -0.570. The van der Waals surface area contributed by atoms with Gasteiger partial charge < -0.3 is 10.5 Å². The molecule has 0 aromatic carbocycles. The van der Waals surface area contributed by atoms with Crippen LogP contribution in [-0.2, 0) is 9.53 Å². The van der Waals surface area contributed by atoms with E-state index in [0.717, 1.165) is 31.6 Å². The first-order valence-electron chi connectivity index (χ1n) is 8.56.